The number of nitrogens with one attached hydrogen (secondary N) is 1. The topological polar surface area (TPSA) is 44.8 Å². The number of fused-ring (bicyclic) bond motifs is 1. The van der Waals surface area contributed by atoms with Gasteiger partial charge in [0.15, 0.2) is 0 Å². The van der Waals surface area contributed by atoms with Gasteiger partial charge in [0.2, 0.25) is 5.91 Å². The fourth-order valence-electron chi connectivity index (χ4n) is 5.29. The molecule has 2 aliphatic heterocycles. The van der Waals surface area contributed by atoms with Gasteiger partial charge in [-0.15, -0.1) is 0 Å². The van der Waals surface area contributed by atoms with E-state index >= 15 is 0 Å². The third-order valence-corrected chi connectivity index (χ3v) is 6.88. The van der Waals surface area contributed by atoms with Gasteiger partial charge < -0.3 is 19.9 Å². The Labute approximate surface area is 179 Å². The normalized spacial score (nSPS) is 26.3. The Hall–Kier alpha value is -2.53. The minimum absolute atomic E-state index is 0.150. The summed E-state index contributed by atoms with van der Waals surface area (Å²) in [6, 6.07) is 17.5. The molecule has 2 aromatic carbocycles. The van der Waals surface area contributed by atoms with Gasteiger partial charge in [-0.3, -0.25) is 4.79 Å². The van der Waals surface area contributed by atoms with E-state index in [-0.39, 0.29) is 18.0 Å². The summed E-state index contributed by atoms with van der Waals surface area (Å²) in [5, 5.41) is 3.81. The van der Waals surface area contributed by atoms with Gasteiger partial charge in [0.1, 0.15) is 0 Å². The minimum Gasteiger partial charge on any atom is -0.378 e. The second kappa shape index (κ2) is 7.95. The van der Waals surface area contributed by atoms with E-state index in [2.05, 4.69) is 64.5 Å². The molecule has 30 heavy (non-hydrogen) atoms. The fraction of sp³-hybridized carbons (Fsp3) is 0.480. The lowest BCUT2D eigenvalue weighted by molar-refractivity contribution is -0.117. The molecule has 3 atom stereocenters. The van der Waals surface area contributed by atoms with E-state index in [1.165, 1.54) is 24.1 Å². The predicted octanol–water partition coefficient (Wildman–Crippen LogP) is 4.46. The van der Waals surface area contributed by atoms with Crippen molar-refractivity contribution in [3.63, 3.8) is 0 Å². The van der Waals surface area contributed by atoms with Crippen LogP contribution in [0, 0.1) is 11.8 Å². The number of rotatable bonds is 4. The number of hydrogen-bond donors (Lipinski definition) is 1. The summed E-state index contributed by atoms with van der Waals surface area (Å²) < 4.78 is 5.54. The Morgan fingerprint density at radius 3 is 2.47 bits per heavy atom. The van der Waals surface area contributed by atoms with E-state index in [1.54, 1.807) is 6.92 Å². The summed E-state index contributed by atoms with van der Waals surface area (Å²) in [6.45, 7) is 7.38. The van der Waals surface area contributed by atoms with Gasteiger partial charge in [0, 0.05) is 54.6 Å². The molecular formula is C25H31N3O2. The van der Waals surface area contributed by atoms with Gasteiger partial charge in [-0.2, -0.15) is 0 Å². The van der Waals surface area contributed by atoms with Crippen molar-refractivity contribution in [3.8, 4) is 0 Å². The number of carbonyl (C=O) groups is 1. The Morgan fingerprint density at radius 1 is 1.07 bits per heavy atom. The Bertz CT molecular complexity index is 906. The lowest BCUT2D eigenvalue weighted by atomic mass is 9.79. The summed E-state index contributed by atoms with van der Waals surface area (Å²) in [5.74, 6) is 1.09. The van der Waals surface area contributed by atoms with Gasteiger partial charge in [-0.25, -0.2) is 0 Å². The third-order valence-electron chi connectivity index (χ3n) is 6.88. The third kappa shape index (κ3) is 3.56. The maximum atomic E-state index is 12.8. The molecule has 0 spiro atoms. The van der Waals surface area contributed by atoms with Crippen LogP contribution >= 0.6 is 0 Å². The highest BCUT2D eigenvalue weighted by Crippen LogP contribution is 2.50. The van der Waals surface area contributed by atoms with Crippen LogP contribution in [0.2, 0.25) is 0 Å². The molecule has 1 saturated heterocycles. The van der Waals surface area contributed by atoms with E-state index in [9.17, 15) is 4.79 Å². The van der Waals surface area contributed by atoms with Crippen LogP contribution in [-0.4, -0.2) is 38.3 Å². The van der Waals surface area contributed by atoms with Crippen molar-refractivity contribution in [2.45, 2.75) is 38.8 Å². The van der Waals surface area contributed by atoms with Crippen molar-refractivity contribution in [2.24, 2.45) is 11.8 Å². The van der Waals surface area contributed by atoms with Crippen LogP contribution in [-0.2, 0) is 9.53 Å². The van der Waals surface area contributed by atoms with Gasteiger partial charge in [-0.1, -0.05) is 25.1 Å². The highest BCUT2D eigenvalue weighted by Gasteiger charge is 2.47. The van der Waals surface area contributed by atoms with Crippen molar-refractivity contribution < 1.29 is 9.53 Å². The molecule has 2 aromatic rings. The maximum Gasteiger partial charge on any atom is 0.224 e. The van der Waals surface area contributed by atoms with Gasteiger partial charge in [0.05, 0.1) is 19.3 Å². The largest absolute Gasteiger partial charge is 0.378 e. The van der Waals surface area contributed by atoms with Crippen molar-refractivity contribution >= 4 is 23.0 Å². The number of amides is 1. The van der Waals surface area contributed by atoms with Gasteiger partial charge in [-0.05, 0) is 49.1 Å². The Balaban J connectivity index is 1.58. The SMILES string of the molecule is CC(=O)N1c2ccc(N3CCOCC3)cc2[C@H](Nc2ccccc2)[C@@H](C)[C@@H]1C1CC1. The predicted molar refractivity (Wildman–Crippen MR) is 121 cm³/mol. The average Bonchev–Trinajstić information content (AvgIpc) is 3.61. The summed E-state index contributed by atoms with van der Waals surface area (Å²) in [6.07, 6.45) is 2.44. The molecule has 3 aliphatic rings. The second-order valence-corrected chi connectivity index (χ2v) is 8.91. The van der Waals surface area contributed by atoms with Crippen LogP contribution in [0.15, 0.2) is 48.5 Å². The van der Waals surface area contributed by atoms with Crippen LogP contribution in [0.1, 0.15) is 38.3 Å². The monoisotopic (exact) mass is 405 g/mol. The van der Waals surface area contributed by atoms with Crippen LogP contribution in [0.5, 0.6) is 0 Å². The van der Waals surface area contributed by atoms with E-state index < -0.39 is 0 Å². The first-order chi connectivity index (χ1) is 14.6. The van der Waals surface area contributed by atoms with E-state index in [4.69, 9.17) is 4.74 Å². The van der Waals surface area contributed by atoms with E-state index in [0.717, 1.165) is 37.7 Å². The Morgan fingerprint density at radius 2 is 1.80 bits per heavy atom. The molecule has 0 aromatic heterocycles. The summed E-state index contributed by atoms with van der Waals surface area (Å²) in [4.78, 5) is 17.3. The second-order valence-electron chi connectivity index (χ2n) is 8.91. The number of benzene rings is 2. The van der Waals surface area contributed by atoms with Crippen LogP contribution in [0.25, 0.3) is 0 Å². The maximum absolute atomic E-state index is 12.8. The van der Waals surface area contributed by atoms with Crippen LogP contribution in [0.4, 0.5) is 17.1 Å². The number of anilines is 3. The molecule has 2 fully saturated rings. The van der Waals surface area contributed by atoms with Crippen molar-refractivity contribution in [1.82, 2.24) is 0 Å². The van der Waals surface area contributed by atoms with E-state index in [0.29, 0.717) is 11.8 Å². The van der Waals surface area contributed by atoms with Crippen molar-refractivity contribution in [3.05, 3.63) is 54.1 Å². The van der Waals surface area contributed by atoms with Gasteiger partial charge in [0.25, 0.3) is 0 Å². The first-order valence-electron chi connectivity index (χ1n) is 11.2. The molecule has 0 bridgehead atoms. The molecule has 1 N–H and O–H groups in total. The molecule has 5 heteroatoms. The lowest BCUT2D eigenvalue weighted by Crippen LogP contribution is -2.51. The zero-order chi connectivity index (χ0) is 20.7. The summed E-state index contributed by atoms with van der Waals surface area (Å²) in [5.41, 5.74) is 4.64. The molecule has 5 nitrogen and oxygen atoms in total. The molecule has 2 heterocycles. The van der Waals surface area contributed by atoms with Crippen molar-refractivity contribution in [2.75, 3.05) is 41.4 Å². The zero-order valence-corrected chi connectivity index (χ0v) is 17.9. The summed E-state index contributed by atoms with van der Waals surface area (Å²) >= 11 is 0. The zero-order valence-electron chi connectivity index (χ0n) is 17.9. The smallest absolute Gasteiger partial charge is 0.224 e. The fourth-order valence-corrected chi connectivity index (χ4v) is 5.29. The average molecular weight is 406 g/mol. The standard InChI is InChI=1S/C25H31N3O2/c1-17-24(26-20-6-4-3-5-7-20)22-16-21(27-12-14-30-15-13-27)10-11-23(22)28(18(2)29)25(17)19-8-9-19/h3-7,10-11,16-17,19,24-26H,8-9,12-15H2,1-2H3/t17-,24-,25-/m1/s1. The van der Waals surface area contributed by atoms with Crippen LogP contribution in [0.3, 0.4) is 0 Å². The molecule has 1 aliphatic carbocycles. The quantitative estimate of drug-likeness (QED) is 0.816. The molecule has 1 amide bonds. The highest BCUT2D eigenvalue weighted by molar-refractivity contribution is 5.94. The number of morpholine rings is 1. The number of ether oxygens (including phenoxy) is 1. The van der Waals surface area contributed by atoms with Crippen LogP contribution < -0.4 is 15.1 Å². The lowest BCUT2D eigenvalue weighted by Gasteiger charge is -2.46. The molecule has 5 rings (SSSR count). The summed E-state index contributed by atoms with van der Waals surface area (Å²) in [7, 11) is 0. The molecule has 0 unspecified atom stereocenters. The van der Waals surface area contributed by atoms with Gasteiger partial charge >= 0.3 is 0 Å². The molecule has 158 valence electrons. The first kappa shape index (κ1) is 19.4. The number of carbonyl (C=O) groups excluding carboxylic acids is 1. The minimum atomic E-state index is 0.150. The molecule has 1 saturated carbocycles. The number of para-hydroxylation sites is 1. The molecular weight excluding hydrogens is 374 g/mol. The number of hydrogen-bond acceptors (Lipinski definition) is 4. The van der Waals surface area contributed by atoms with Crippen molar-refractivity contribution in [1.29, 1.82) is 0 Å². The van der Waals surface area contributed by atoms with E-state index in [1.807, 2.05) is 6.07 Å². The molecule has 0 radical (unpaired) electrons. The Kier molecular flexibility index (Phi) is 5.15. The highest BCUT2D eigenvalue weighted by atomic mass is 16.5. The number of nitrogens with zero attached hydrogens (tertiary/aromatic N) is 2. The first-order valence-corrected chi connectivity index (χ1v) is 11.2.